The van der Waals surface area contributed by atoms with E-state index in [-0.39, 0.29) is 17.7 Å². The number of carbonyl (C=O) groups is 1. The molecule has 1 amide bonds. The van der Waals surface area contributed by atoms with Gasteiger partial charge in [-0.25, -0.2) is 0 Å². The Kier molecular flexibility index (Phi) is 5.25. The zero-order chi connectivity index (χ0) is 16.3. The highest BCUT2D eigenvalue weighted by Crippen LogP contribution is 2.28. The molecule has 2 aromatic carbocycles. The van der Waals surface area contributed by atoms with Crippen LogP contribution >= 0.6 is 11.6 Å². The van der Waals surface area contributed by atoms with Crippen molar-refractivity contribution in [1.29, 1.82) is 0 Å². The Hall–Kier alpha value is -1.80. The van der Waals surface area contributed by atoms with Gasteiger partial charge in [-0.1, -0.05) is 55.3 Å². The van der Waals surface area contributed by atoms with E-state index in [1.807, 2.05) is 50.2 Å². The quantitative estimate of drug-likeness (QED) is 0.811. The highest BCUT2D eigenvalue weighted by atomic mass is 35.5. The number of hydrogen-bond acceptors (Lipinski definition) is 1. The third kappa shape index (κ3) is 3.89. The smallest absolute Gasteiger partial charge is 0.232 e. The summed E-state index contributed by atoms with van der Waals surface area (Å²) < 4.78 is 0. The molecule has 2 nitrogen and oxygen atoms in total. The fourth-order valence-corrected chi connectivity index (χ4v) is 2.80. The highest BCUT2D eigenvalue weighted by Gasteiger charge is 2.24. The summed E-state index contributed by atoms with van der Waals surface area (Å²) in [6, 6.07) is 13.6. The van der Waals surface area contributed by atoms with Crippen LogP contribution in [-0.4, -0.2) is 5.91 Å². The predicted octanol–water partition coefficient (Wildman–Crippen LogP) is 5.34. The number of nitrogens with one attached hydrogen (secondary N) is 1. The van der Waals surface area contributed by atoms with Gasteiger partial charge >= 0.3 is 0 Å². The first-order valence-corrected chi connectivity index (χ1v) is 7.90. The largest absolute Gasteiger partial charge is 0.325 e. The van der Waals surface area contributed by atoms with Crippen LogP contribution in [0.3, 0.4) is 0 Å². The van der Waals surface area contributed by atoms with Crippen molar-refractivity contribution in [3.63, 3.8) is 0 Å². The van der Waals surface area contributed by atoms with Crippen LogP contribution in [0.2, 0.25) is 5.02 Å². The van der Waals surface area contributed by atoms with Crippen molar-refractivity contribution in [2.75, 3.05) is 5.32 Å². The first-order chi connectivity index (χ1) is 10.4. The van der Waals surface area contributed by atoms with Gasteiger partial charge in [-0.15, -0.1) is 0 Å². The van der Waals surface area contributed by atoms with E-state index >= 15 is 0 Å². The number of carbonyl (C=O) groups excluding carboxylic acids is 1. The van der Waals surface area contributed by atoms with Gasteiger partial charge in [-0.05, 0) is 49.1 Å². The molecular formula is C19H22ClNO. The molecule has 1 atom stereocenters. The second-order valence-corrected chi connectivity index (χ2v) is 6.52. The third-order valence-corrected chi connectivity index (χ3v) is 4.07. The van der Waals surface area contributed by atoms with E-state index in [0.717, 1.165) is 16.8 Å². The first-order valence-electron chi connectivity index (χ1n) is 7.52. The van der Waals surface area contributed by atoms with Crippen molar-refractivity contribution in [1.82, 2.24) is 0 Å². The van der Waals surface area contributed by atoms with Crippen molar-refractivity contribution in [2.24, 2.45) is 5.92 Å². The number of benzene rings is 2. The first kappa shape index (κ1) is 16.6. The lowest BCUT2D eigenvalue weighted by molar-refractivity contribution is -0.118. The van der Waals surface area contributed by atoms with E-state index in [9.17, 15) is 4.79 Å². The standard InChI is InChI=1S/C19H22ClNO/c1-12(2)18(15-6-8-16(20)9-7-15)19(22)21-17-10-5-13(3)11-14(17)4/h5-12,18H,1-4H3,(H,21,22)/t18-/m0/s1. The molecule has 0 saturated carbocycles. The maximum Gasteiger partial charge on any atom is 0.232 e. The summed E-state index contributed by atoms with van der Waals surface area (Å²) in [5.41, 5.74) is 4.12. The number of amides is 1. The molecule has 116 valence electrons. The minimum atomic E-state index is -0.196. The fourth-order valence-electron chi connectivity index (χ4n) is 2.67. The van der Waals surface area contributed by atoms with Gasteiger partial charge in [0.05, 0.1) is 5.92 Å². The molecule has 0 bridgehead atoms. The zero-order valence-corrected chi connectivity index (χ0v) is 14.2. The molecule has 3 heteroatoms. The molecule has 0 fully saturated rings. The molecule has 1 N–H and O–H groups in total. The lowest BCUT2D eigenvalue weighted by Gasteiger charge is -2.21. The Morgan fingerprint density at radius 2 is 1.68 bits per heavy atom. The van der Waals surface area contributed by atoms with Crippen molar-refractivity contribution in [2.45, 2.75) is 33.6 Å². The van der Waals surface area contributed by atoms with E-state index in [0.29, 0.717) is 5.02 Å². The number of hydrogen-bond donors (Lipinski definition) is 1. The van der Waals surface area contributed by atoms with E-state index in [1.165, 1.54) is 5.56 Å². The SMILES string of the molecule is Cc1ccc(NC(=O)[C@H](c2ccc(Cl)cc2)C(C)C)c(C)c1. The Labute approximate surface area is 137 Å². The van der Waals surface area contributed by atoms with Crippen molar-refractivity contribution in [3.05, 3.63) is 64.2 Å². The summed E-state index contributed by atoms with van der Waals surface area (Å²) in [7, 11) is 0. The van der Waals surface area contributed by atoms with Crippen LogP contribution in [0.5, 0.6) is 0 Å². The molecule has 22 heavy (non-hydrogen) atoms. The minimum absolute atomic E-state index is 0.0178. The topological polar surface area (TPSA) is 29.1 Å². The van der Waals surface area contributed by atoms with E-state index in [1.54, 1.807) is 0 Å². The average molecular weight is 316 g/mol. The summed E-state index contributed by atoms with van der Waals surface area (Å²) >= 11 is 5.94. The van der Waals surface area contributed by atoms with Gasteiger partial charge in [-0.2, -0.15) is 0 Å². The van der Waals surface area contributed by atoms with Crippen LogP contribution in [0, 0.1) is 19.8 Å². The molecule has 0 spiro atoms. The molecule has 2 rings (SSSR count). The summed E-state index contributed by atoms with van der Waals surface area (Å²) in [6.07, 6.45) is 0. The molecule has 0 aliphatic heterocycles. The van der Waals surface area contributed by atoms with Gasteiger partial charge < -0.3 is 5.32 Å². The summed E-state index contributed by atoms with van der Waals surface area (Å²) in [5, 5.41) is 3.74. The summed E-state index contributed by atoms with van der Waals surface area (Å²) in [5.74, 6) is 0.0224. The van der Waals surface area contributed by atoms with Gasteiger partial charge in [0.1, 0.15) is 0 Å². The lowest BCUT2D eigenvalue weighted by Crippen LogP contribution is -2.25. The molecule has 0 aliphatic rings. The molecule has 0 saturated heterocycles. The fraction of sp³-hybridized carbons (Fsp3) is 0.316. The maximum atomic E-state index is 12.7. The number of aryl methyl sites for hydroxylation is 2. The van der Waals surface area contributed by atoms with Crippen molar-refractivity contribution < 1.29 is 4.79 Å². The van der Waals surface area contributed by atoms with Gasteiger partial charge in [-0.3, -0.25) is 4.79 Å². The van der Waals surface area contributed by atoms with E-state index in [4.69, 9.17) is 11.6 Å². The number of halogens is 1. The van der Waals surface area contributed by atoms with Crippen LogP contribution in [0.25, 0.3) is 0 Å². The normalized spacial score (nSPS) is 12.3. The van der Waals surface area contributed by atoms with Gasteiger partial charge in [0, 0.05) is 10.7 Å². The monoisotopic (exact) mass is 315 g/mol. The molecule has 2 aromatic rings. The minimum Gasteiger partial charge on any atom is -0.325 e. The Bertz CT molecular complexity index is 662. The summed E-state index contributed by atoms with van der Waals surface area (Å²) in [6.45, 7) is 8.17. The molecule has 0 unspecified atom stereocenters. The third-order valence-electron chi connectivity index (χ3n) is 3.82. The molecular weight excluding hydrogens is 294 g/mol. The molecule has 0 heterocycles. The molecule has 0 radical (unpaired) electrons. The molecule has 0 aliphatic carbocycles. The van der Waals surface area contributed by atoms with Crippen LogP contribution in [0.4, 0.5) is 5.69 Å². The van der Waals surface area contributed by atoms with Crippen LogP contribution in [0.15, 0.2) is 42.5 Å². The maximum absolute atomic E-state index is 12.7. The summed E-state index contributed by atoms with van der Waals surface area (Å²) in [4.78, 5) is 12.7. The second-order valence-electron chi connectivity index (χ2n) is 6.08. The van der Waals surface area contributed by atoms with Gasteiger partial charge in [0.15, 0.2) is 0 Å². The Morgan fingerprint density at radius 3 is 2.23 bits per heavy atom. The van der Waals surface area contributed by atoms with Crippen molar-refractivity contribution in [3.8, 4) is 0 Å². The van der Waals surface area contributed by atoms with Crippen LogP contribution in [-0.2, 0) is 4.79 Å². The molecule has 0 aromatic heterocycles. The average Bonchev–Trinajstić information content (AvgIpc) is 2.44. The number of anilines is 1. The van der Waals surface area contributed by atoms with Crippen LogP contribution < -0.4 is 5.32 Å². The second kappa shape index (κ2) is 6.97. The van der Waals surface area contributed by atoms with Crippen LogP contribution in [0.1, 0.15) is 36.5 Å². The predicted molar refractivity (Wildman–Crippen MR) is 93.6 cm³/mol. The zero-order valence-electron chi connectivity index (χ0n) is 13.5. The van der Waals surface area contributed by atoms with Crippen molar-refractivity contribution >= 4 is 23.2 Å². The van der Waals surface area contributed by atoms with Gasteiger partial charge in [0.2, 0.25) is 5.91 Å². The lowest BCUT2D eigenvalue weighted by atomic mass is 9.87. The van der Waals surface area contributed by atoms with E-state index < -0.39 is 0 Å². The number of rotatable bonds is 4. The van der Waals surface area contributed by atoms with Gasteiger partial charge in [0.25, 0.3) is 0 Å². The van der Waals surface area contributed by atoms with E-state index in [2.05, 4.69) is 25.2 Å². The Balaban J connectivity index is 2.25. The highest BCUT2D eigenvalue weighted by molar-refractivity contribution is 6.30. The Morgan fingerprint density at radius 1 is 1.05 bits per heavy atom.